The molecule has 2 fully saturated rings. The molecule has 0 aromatic heterocycles. The maximum absolute atomic E-state index is 7.57. The first kappa shape index (κ1) is 11.0. The summed E-state index contributed by atoms with van der Waals surface area (Å²) in [5.41, 5.74) is 0. The van der Waals surface area contributed by atoms with Gasteiger partial charge in [0.2, 0.25) is 0 Å². The Hall–Kier alpha value is -0.0400. The monoisotopic (exact) mass is 158 g/mol. The minimum Gasteiger partial charge on any atom is -0.397 e. The van der Waals surface area contributed by atoms with E-state index in [0.717, 1.165) is 0 Å². The molecule has 0 bridgehead atoms. The first-order chi connectivity index (χ1) is 5.38. The molecule has 2 aliphatic carbocycles. The van der Waals surface area contributed by atoms with Crippen LogP contribution in [-0.4, -0.2) is 11.7 Å². The van der Waals surface area contributed by atoms with Crippen LogP contribution >= 0.6 is 0 Å². The minimum atomic E-state index is 0.250. The zero-order chi connectivity index (χ0) is 8.69. The van der Waals surface area contributed by atoms with E-state index in [1.165, 1.54) is 11.8 Å². The average molecular weight is 158 g/mol. The molecule has 0 spiro atoms. The van der Waals surface area contributed by atoms with Crippen molar-refractivity contribution < 1.29 is 5.11 Å². The fraction of sp³-hybridized carbons (Fsp3) is 1.00. The fourth-order valence-electron chi connectivity index (χ4n) is 1.56. The topological polar surface area (TPSA) is 20.2 Å². The molecule has 0 aromatic rings. The highest BCUT2D eigenvalue weighted by Crippen LogP contribution is 2.49. The van der Waals surface area contributed by atoms with E-state index in [2.05, 4.69) is 0 Å². The predicted octanol–water partition coefficient (Wildman–Crippen LogP) is 2.83. The summed E-state index contributed by atoms with van der Waals surface area (Å²) in [4.78, 5) is 0. The van der Waals surface area contributed by atoms with E-state index in [4.69, 9.17) is 5.11 Å². The summed E-state index contributed by atoms with van der Waals surface area (Å²) in [7, 11) is 0. The van der Waals surface area contributed by atoms with Crippen LogP contribution in [0.2, 0.25) is 0 Å². The quantitative estimate of drug-likeness (QED) is 0.574. The summed E-state index contributed by atoms with van der Waals surface area (Å²) in [6, 6.07) is 0. The lowest BCUT2D eigenvalue weighted by molar-refractivity contribution is 0.0548. The van der Waals surface area contributed by atoms with Gasteiger partial charge in [0.15, 0.2) is 0 Å². The van der Waals surface area contributed by atoms with Crippen molar-refractivity contribution in [3.05, 3.63) is 0 Å². The molecule has 1 N–H and O–H groups in total. The molecule has 11 heavy (non-hydrogen) atoms. The van der Waals surface area contributed by atoms with Crippen molar-refractivity contribution in [2.45, 2.75) is 46.5 Å². The van der Waals surface area contributed by atoms with Crippen LogP contribution in [0.4, 0.5) is 0 Å². The molecule has 68 valence electrons. The summed E-state index contributed by atoms with van der Waals surface area (Å²) < 4.78 is 0. The molecule has 0 aliphatic heterocycles. The van der Waals surface area contributed by atoms with E-state index < -0.39 is 0 Å². The number of fused-ring (bicyclic) bond motifs is 1. The third kappa shape index (κ3) is 3.24. The fourth-order valence-corrected chi connectivity index (χ4v) is 1.56. The van der Waals surface area contributed by atoms with Crippen LogP contribution < -0.4 is 0 Å². The van der Waals surface area contributed by atoms with Crippen molar-refractivity contribution in [3.8, 4) is 0 Å². The Labute approximate surface area is 70.8 Å². The van der Waals surface area contributed by atoms with E-state index in [1.54, 1.807) is 32.6 Å². The molecule has 2 rings (SSSR count). The summed E-state index contributed by atoms with van der Waals surface area (Å²) in [6.07, 6.45) is 6.24. The van der Waals surface area contributed by atoms with Crippen molar-refractivity contribution in [2.24, 2.45) is 11.8 Å². The standard InChI is InChI=1S/C6H10.C2H6O.C2H6/c1-2-6-4-3-5(1)6;1-2-3;1-2/h5-6H,1-4H2;3H,2H2,1H3;1-2H3. The lowest BCUT2D eigenvalue weighted by Crippen LogP contribution is -2.34. The average Bonchev–Trinajstić information content (AvgIpc) is 2.02. The Balaban J connectivity index is 0.000000176. The van der Waals surface area contributed by atoms with Crippen LogP contribution in [-0.2, 0) is 0 Å². The Kier molecular flexibility index (Phi) is 6.63. The highest BCUT2D eigenvalue weighted by atomic mass is 16.2. The van der Waals surface area contributed by atoms with Gasteiger partial charge >= 0.3 is 0 Å². The van der Waals surface area contributed by atoms with Crippen molar-refractivity contribution in [2.75, 3.05) is 6.61 Å². The molecule has 0 amide bonds. The van der Waals surface area contributed by atoms with Crippen LogP contribution in [0, 0.1) is 11.8 Å². The minimum absolute atomic E-state index is 0.250. The zero-order valence-corrected chi connectivity index (χ0v) is 8.14. The second-order valence-electron chi connectivity index (χ2n) is 2.99. The molecule has 2 saturated carbocycles. The van der Waals surface area contributed by atoms with Gasteiger partial charge in [0.25, 0.3) is 0 Å². The largest absolute Gasteiger partial charge is 0.397 e. The summed E-state index contributed by atoms with van der Waals surface area (Å²) in [5.74, 6) is 2.43. The van der Waals surface area contributed by atoms with Gasteiger partial charge in [0, 0.05) is 6.61 Å². The highest BCUT2D eigenvalue weighted by molar-refractivity contribution is 4.89. The van der Waals surface area contributed by atoms with Gasteiger partial charge in [-0.1, -0.05) is 13.8 Å². The summed E-state index contributed by atoms with van der Waals surface area (Å²) in [6.45, 7) is 5.93. The van der Waals surface area contributed by atoms with E-state index in [-0.39, 0.29) is 6.61 Å². The second-order valence-corrected chi connectivity index (χ2v) is 2.99. The van der Waals surface area contributed by atoms with Crippen molar-refractivity contribution >= 4 is 0 Å². The van der Waals surface area contributed by atoms with E-state index in [0.29, 0.717) is 0 Å². The second kappa shape index (κ2) is 6.66. The molecule has 2 aliphatic rings. The van der Waals surface area contributed by atoms with Crippen LogP contribution in [0.1, 0.15) is 46.5 Å². The summed E-state index contributed by atoms with van der Waals surface area (Å²) >= 11 is 0. The van der Waals surface area contributed by atoms with E-state index in [9.17, 15) is 0 Å². The zero-order valence-electron chi connectivity index (χ0n) is 8.14. The van der Waals surface area contributed by atoms with E-state index in [1.807, 2.05) is 13.8 Å². The van der Waals surface area contributed by atoms with Crippen LogP contribution in [0.25, 0.3) is 0 Å². The van der Waals surface area contributed by atoms with Crippen molar-refractivity contribution in [3.63, 3.8) is 0 Å². The number of rotatable bonds is 0. The van der Waals surface area contributed by atoms with Crippen LogP contribution in [0.3, 0.4) is 0 Å². The number of aliphatic hydroxyl groups excluding tert-OH is 1. The van der Waals surface area contributed by atoms with Gasteiger partial charge in [-0.3, -0.25) is 0 Å². The van der Waals surface area contributed by atoms with Crippen LogP contribution in [0.5, 0.6) is 0 Å². The van der Waals surface area contributed by atoms with Gasteiger partial charge < -0.3 is 5.11 Å². The number of hydrogen-bond acceptors (Lipinski definition) is 1. The molecular formula is C10H22O. The van der Waals surface area contributed by atoms with Gasteiger partial charge in [0.05, 0.1) is 0 Å². The molecule has 0 aromatic carbocycles. The Bertz CT molecular complexity index is 62.9. The molecule has 0 heterocycles. The molecule has 0 unspecified atom stereocenters. The molecule has 1 heteroatoms. The smallest absolute Gasteiger partial charge is 0.0402 e. The first-order valence-corrected chi connectivity index (χ1v) is 4.99. The normalized spacial score (nSPS) is 30.5. The van der Waals surface area contributed by atoms with Gasteiger partial charge in [-0.25, -0.2) is 0 Å². The SMILES string of the molecule is C1CC2CCC12.CC.CCO. The first-order valence-electron chi connectivity index (χ1n) is 4.99. The van der Waals surface area contributed by atoms with Crippen LogP contribution in [0.15, 0.2) is 0 Å². The molecular weight excluding hydrogens is 136 g/mol. The number of hydrogen-bond donors (Lipinski definition) is 1. The molecule has 1 nitrogen and oxygen atoms in total. The van der Waals surface area contributed by atoms with Gasteiger partial charge in [-0.2, -0.15) is 0 Å². The van der Waals surface area contributed by atoms with Gasteiger partial charge in [-0.15, -0.1) is 0 Å². The van der Waals surface area contributed by atoms with E-state index >= 15 is 0 Å². The Morgan fingerprint density at radius 2 is 1.18 bits per heavy atom. The third-order valence-electron chi connectivity index (χ3n) is 2.48. The maximum atomic E-state index is 7.57. The summed E-state index contributed by atoms with van der Waals surface area (Å²) in [5, 5.41) is 7.57. The third-order valence-corrected chi connectivity index (χ3v) is 2.48. The Morgan fingerprint density at radius 1 is 1.00 bits per heavy atom. The molecule has 0 atom stereocenters. The Morgan fingerprint density at radius 3 is 1.18 bits per heavy atom. The predicted molar refractivity (Wildman–Crippen MR) is 49.6 cm³/mol. The molecule has 0 radical (unpaired) electrons. The van der Waals surface area contributed by atoms with Gasteiger partial charge in [0.1, 0.15) is 0 Å². The lowest BCUT2D eigenvalue weighted by atomic mass is 9.60. The lowest BCUT2D eigenvalue weighted by Gasteiger charge is -2.46. The highest BCUT2D eigenvalue weighted by Gasteiger charge is 2.37. The maximum Gasteiger partial charge on any atom is 0.0402 e. The number of aliphatic hydroxyl groups is 1. The van der Waals surface area contributed by atoms with Crippen molar-refractivity contribution in [1.29, 1.82) is 0 Å². The van der Waals surface area contributed by atoms with Gasteiger partial charge in [-0.05, 0) is 44.4 Å². The molecule has 0 saturated heterocycles. The van der Waals surface area contributed by atoms with Crippen molar-refractivity contribution in [1.82, 2.24) is 0 Å².